The van der Waals surface area contributed by atoms with Gasteiger partial charge in [0.2, 0.25) is 0 Å². The molecule has 0 saturated heterocycles. The van der Waals surface area contributed by atoms with E-state index in [1.807, 2.05) is 0 Å². The van der Waals surface area contributed by atoms with Crippen molar-refractivity contribution in [2.45, 2.75) is 6.61 Å². The topological polar surface area (TPSA) is 61.3 Å². The molecule has 2 rings (SSSR count). The Morgan fingerprint density at radius 3 is 2.93 bits per heavy atom. The van der Waals surface area contributed by atoms with Gasteiger partial charge >= 0.3 is 12.7 Å². The Balaban J connectivity index is 2.41. The highest BCUT2D eigenvalue weighted by molar-refractivity contribution is 5.76. The molecule has 0 fully saturated rings. The minimum absolute atomic E-state index is 0.320. The number of alkyl halides is 2. The van der Waals surface area contributed by atoms with Gasteiger partial charge in [-0.1, -0.05) is 0 Å². The average molecular weight is 200 g/mol. The van der Waals surface area contributed by atoms with Gasteiger partial charge in [0.15, 0.2) is 5.58 Å². The number of ether oxygens (including phenoxy) is 1. The maximum Gasteiger partial charge on any atom is 0.399 e. The monoisotopic (exact) mass is 200 g/mol. The van der Waals surface area contributed by atoms with Gasteiger partial charge in [0.25, 0.3) is 0 Å². The van der Waals surface area contributed by atoms with Gasteiger partial charge in [-0.2, -0.15) is 13.8 Å². The van der Waals surface area contributed by atoms with Crippen LogP contribution in [0, 0.1) is 0 Å². The van der Waals surface area contributed by atoms with Gasteiger partial charge in [0, 0.05) is 11.8 Å². The van der Waals surface area contributed by atoms with E-state index < -0.39 is 12.7 Å². The van der Waals surface area contributed by atoms with Gasteiger partial charge < -0.3 is 14.9 Å². The Hall–Kier alpha value is -1.85. The second-order valence-corrected chi connectivity index (χ2v) is 2.59. The minimum Gasteiger partial charge on any atom is -0.409 e. The zero-order valence-electron chi connectivity index (χ0n) is 6.91. The average Bonchev–Trinajstić information content (AvgIpc) is 2.44. The summed E-state index contributed by atoms with van der Waals surface area (Å²) in [5.74, 6) is 0. The molecule has 1 aromatic heterocycles. The van der Waals surface area contributed by atoms with Crippen LogP contribution in [0.15, 0.2) is 22.6 Å². The third-order valence-electron chi connectivity index (χ3n) is 1.58. The van der Waals surface area contributed by atoms with Gasteiger partial charge in [0.1, 0.15) is 5.52 Å². The third-order valence-corrected chi connectivity index (χ3v) is 1.58. The molecular weight excluding hydrogens is 194 g/mol. The van der Waals surface area contributed by atoms with E-state index >= 15 is 0 Å². The van der Waals surface area contributed by atoms with Gasteiger partial charge in [-0.15, -0.1) is 0 Å². The summed E-state index contributed by atoms with van der Waals surface area (Å²) in [6.45, 7) is -2.94. The molecule has 1 heterocycles. The molecule has 14 heavy (non-hydrogen) atoms. The number of aromatic nitrogens is 1. The number of fused-ring (bicyclic) bond motifs is 1. The summed E-state index contributed by atoms with van der Waals surface area (Å²) in [7, 11) is 0. The number of anilines is 1. The van der Waals surface area contributed by atoms with Crippen molar-refractivity contribution < 1.29 is 17.9 Å². The van der Waals surface area contributed by atoms with Gasteiger partial charge in [-0.25, -0.2) is 0 Å². The van der Waals surface area contributed by atoms with Gasteiger partial charge in [0.05, 0.1) is 0 Å². The fraction of sp³-hybridized carbons (Fsp3) is 0.125. The number of nitrogen functional groups attached to an aromatic ring is 1. The van der Waals surface area contributed by atoms with Crippen LogP contribution < -0.4 is 10.5 Å². The van der Waals surface area contributed by atoms with Crippen molar-refractivity contribution >= 4 is 16.8 Å². The number of nitrogens with two attached hydrogens (primary N) is 1. The van der Waals surface area contributed by atoms with Crippen LogP contribution >= 0.6 is 0 Å². The first kappa shape index (κ1) is 8.74. The first-order chi connectivity index (χ1) is 6.65. The van der Waals surface area contributed by atoms with Crippen molar-refractivity contribution in [3.63, 3.8) is 0 Å². The van der Waals surface area contributed by atoms with E-state index in [-0.39, 0.29) is 0 Å². The van der Waals surface area contributed by atoms with Crippen LogP contribution in [0.25, 0.3) is 11.1 Å². The summed E-state index contributed by atoms with van der Waals surface area (Å²) in [5, 5.41) is 0. The van der Waals surface area contributed by atoms with Crippen LogP contribution in [0.5, 0.6) is 6.08 Å². The molecule has 0 radical (unpaired) electrons. The normalized spacial score (nSPS) is 11.1. The number of hydrogen-bond donors (Lipinski definition) is 1. The second-order valence-electron chi connectivity index (χ2n) is 2.59. The highest BCUT2D eigenvalue weighted by Crippen LogP contribution is 2.23. The summed E-state index contributed by atoms with van der Waals surface area (Å²) in [6.07, 6.45) is -0.458. The predicted octanol–water partition coefficient (Wildman–Crippen LogP) is 2.01. The van der Waals surface area contributed by atoms with Crippen molar-refractivity contribution in [3.05, 3.63) is 18.2 Å². The number of nitrogens with zero attached hydrogens (tertiary/aromatic N) is 1. The van der Waals surface area contributed by atoms with Crippen LogP contribution in [0.3, 0.4) is 0 Å². The van der Waals surface area contributed by atoms with Crippen LogP contribution in [0.4, 0.5) is 14.5 Å². The maximum absolute atomic E-state index is 11.8. The number of benzene rings is 1. The van der Waals surface area contributed by atoms with E-state index in [0.29, 0.717) is 16.8 Å². The van der Waals surface area contributed by atoms with Crippen molar-refractivity contribution in [3.8, 4) is 6.08 Å². The molecule has 2 aromatic rings. The first-order valence-corrected chi connectivity index (χ1v) is 3.76. The maximum atomic E-state index is 11.8. The van der Waals surface area contributed by atoms with E-state index in [9.17, 15) is 8.78 Å². The van der Waals surface area contributed by atoms with Gasteiger partial charge in [-0.05, 0) is 12.1 Å². The summed E-state index contributed by atoms with van der Waals surface area (Å²) in [4.78, 5) is 3.67. The van der Waals surface area contributed by atoms with Crippen molar-refractivity contribution in [1.82, 2.24) is 4.98 Å². The van der Waals surface area contributed by atoms with E-state index in [2.05, 4.69) is 9.72 Å². The summed E-state index contributed by atoms with van der Waals surface area (Å²) in [6, 6.07) is 4.64. The highest BCUT2D eigenvalue weighted by atomic mass is 19.3. The Kier molecular flexibility index (Phi) is 1.95. The lowest BCUT2D eigenvalue weighted by Gasteiger charge is -1.94. The Labute approximate surface area is 77.3 Å². The molecule has 0 spiro atoms. The predicted molar refractivity (Wildman–Crippen MR) is 45.1 cm³/mol. The van der Waals surface area contributed by atoms with E-state index in [4.69, 9.17) is 10.2 Å². The van der Waals surface area contributed by atoms with E-state index in [0.717, 1.165) is 0 Å². The lowest BCUT2D eigenvalue weighted by atomic mass is 10.3. The zero-order valence-corrected chi connectivity index (χ0v) is 6.91. The van der Waals surface area contributed by atoms with Crippen LogP contribution in [0.2, 0.25) is 0 Å². The molecule has 0 amide bonds. The van der Waals surface area contributed by atoms with Crippen molar-refractivity contribution in [1.29, 1.82) is 0 Å². The molecule has 0 bridgehead atoms. The molecule has 0 unspecified atom stereocenters. The quantitative estimate of drug-likeness (QED) is 0.753. The molecule has 0 saturated carbocycles. The number of hydrogen-bond acceptors (Lipinski definition) is 4. The fourth-order valence-electron chi connectivity index (χ4n) is 1.05. The first-order valence-electron chi connectivity index (χ1n) is 3.76. The van der Waals surface area contributed by atoms with Crippen LogP contribution in [0.1, 0.15) is 0 Å². The largest absolute Gasteiger partial charge is 0.409 e. The number of rotatable bonds is 2. The highest BCUT2D eigenvalue weighted by Gasteiger charge is 2.11. The van der Waals surface area contributed by atoms with Crippen molar-refractivity contribution in [2.24, 2.45) is 0 Å². The number of oxazole rings is 1. The molecule has 0 aliphatic carbocycles. The Morgan fingerprint density at radius 2 is 2.21 bits per heavy atom. The molecule has 6 heteroatoms. The second kappa shape index (κ2) is 3.13. The molecule has 0 atom stereocenters. The lowest BCUT2D eigenvalue weighted by molar-refractivity contribution is -0.0664. The summed E-state index contributed by atoms with van der Waals surface area (Å²) >= 11 is 0. The summed E-state index contributed by atoms with van der Waals surface area (Å²) in [5.41, 5.74) is 6.67. The van der Waals surface area contributed by atoms with Gasteiger partial charge in [-0.3, -0.25) is 0 Å². The molecule has 2 N–H and O–H groups in total. The molecule has 1 aromatic carbocycles. The van der Waals surface area contributed by atoms with E-state index in [1.165, 1.54) is 6.07 Å². The van der Waals surface area contributed by atoms with Crippen LogP contribution in [-0.4, -0.2) is 11.6 Å². The zero-order chi connectivity index (χ0) is 10.1. The smallest absolute Gasteiger partial charge is 0.399 e. The molecule has 74 valence electrons. The standard InChI is InChI=1S/C8H6F2N2O2/c9-7(10)14-8-12-5-2-1-4(11)3-6(5)13-8/h1-3,7H,11H2. The SMILES string of the molecule is Nc1ccc2nc(OC(F)F)oc2c1. The van der Waals surface area contributed by atoms with Crippen LogP contribution in [-0.2, 0) is 0 Å². The lowest BCUT2D eigenvalue weighted by Crippen LogP contribution is -2.01. The molecule has 0 aliphatic heterocycles. The minimum atomic E-state index is -2.94. The third kappa shape index (κ3) is 1.59. The van der Waals surface area contributed by atoms with E-state index in [1.54, 1.807) is 12.1 Å². The fourth-order valence-corrected chi connectivity index (χ4v) is 1.05. The molecule has 0 aliphatic rings. The van der Waals surface area contributed by atoms with Crippen molar-refractivity contribution in [2.75, 3.05) is 5.73 Å². The Bertz CT molecular complexity index is 456. The summed E-state index contributed by atoms with van der Waals surface area (Å²) < 4.78 is 32.4. The molecular formula is C8H6F2N2O2. The number of halogens is 2. The molecule has 4 nitrogen and oxygen atoms in total. The Morgan fingerprint density at radius 1 is 1.43 bits per heavy atom.